The number of likely N-dealkylation sites (tertiary alicyclic amines) is 1. The van der Waals surface area contributed by atoms with Gasteiger partial charge in [0.1, 0.15) is 6.54 Å². The number of benzene rings is 1. The third-order valence-corrected chi connectivity index (χ3v) is 3.90. The molecule has 21 heavy (non-hydrogen) atoms. The molecule has 1 aromatic rings. The molecule has 0 aromatic heterocycles. The van der Waals surface area contributed by atoms with Crippen molar-refractivity contribution in [2.45, 2.75) is 32.2 Å². The minimum atomic E-state index is -0.976. The number of nitrogens with zero attached hydrogens (tertiary/aromatic N) is 2. The number of carbonyl (C=O) groups is 2. The van der Waals surface area contributed by atoms with Crippen LogP contribution >= 0.6 is 0 Å². The van der Waals surface area contributed by atoms with E-state index in [9.17, 15) is 9.59 Å². The summed E-state index contributed by atoms with van der Waals surface area (Å²) in [6, 6.07) is 9.85. The summed E-state index contributed by atoms with van der Waals surface area (Å²) in [6.45, 7) is 4.77. The molecule has 1 N–H and O–H groups in total. The summed E-state index contributed by atoms with van der Waals surface area (Å²) in [7, 11) is 0. The molecule has 5 nitrogen and oxygen atoms in total. The highest BCUT2D eigenvalue weighted by Gasteiger charge is 2.31. The number of carboxylic acids is 1. The van der Waals surface area contributed by atoms with Crippen LogP contribution in [0.4, 0.5) is 4.79 Å². The summed E-state index contributed by atoms with van der Waals surface area (Å²) in [6.07, 6.45) is 0.925. The fourth-order valence-corrected chi connectivity index (χ4v) is 2.73. The number of amides is 2. The van der Waals surface area contributed by atoms with E-state index < -0.39 is 5.97 Å². The Bertz CT molecular complexity index is 502. The second-order valence-corrected chi connectivity index (χ2v) is 5.74. The lowest BCUT2D eigenvalue weighted by Crippen LogP contribution is -2.47. The van der Waals surface area contributed by atoms with E-state index in [1.54, 1.807) is 4.90 Å². The molecule has 114 valence electrons. The first-order chi connectivity index (χ1) is 9.99. The zero-order valence-electron chi connectivity index (χ0n) is 12.5. The second kappa shape index (κ2) is 6.61. The SMILES string of the molecule is CC(C)N(CC(=O)O)C(=O)N1CCC(c2ccccc2)C1. The molecule has 1 atom stereocenters. The molecule has 1 unspecified atom stereocenters. The van der Waals surface area contributed by atoms with Crippen molar-refractivity contribution >= 4 is 12.0 Å². The highest BCUT2D eigenvalue weighted by atomic mass is 16.4. The standard InChI is InChI=1S/C16H22N2O3/c1-12(2)18(11-15(19)20)16(21)17-9-8-14(10-17)13-6-4-3-5-7-13/h3-7,12,14H,8-11H2,1-2H3,(H,19,20). The molecule has 0 aliphatic carbocycles. The third-order valence-electron chi connectivity index (χ3n) is 3.90. The van der Waals surface area contributed by atoms with E-state index in [-0.39, 0.29) is 18.6 Å². The Labute approximate surface area is 125 Å². The van der Waals surface area contributed by atoms with Crippen LogP contribution in [-0.2, 0) is 4.79 Å². The van der Waals surface area contributed by atoms with Gasteiger partial charge in [-0.05, 0) is 25.8 Å². The molecule has 2 rings (SSSR count). The van der Waals surface area contributed by atoms with Gasteiger partial charge >= 0.3 is 12.0 Å². The molecule has 1 heterocycles. The zero-order chi connectivity index (χ0) is 15.4. The first-order valence-corrected chi connectivity index (χ1v) is 7.31. The van der Waals surface area contributed by atoms with Crippen LogP contribution in [0.25, 0.3) is 0 Å². The minimum absolute atomic E-state index is 0.121. The van der Waals surface area contributed by atoms with Gasteiger partial charge in [-0.15, -0.1) is 0 Å². The van der Waals surface area contributed by atoms with Crippen LogP contribution in [0, 0.1) is 0 Å². The van der Waals surface area contributed by atoms with Gasteiger partial charge in [-0.1, -0.05) is 30.3 Å². The third kappa shape index (κ3) is 3.74. The molecule has 0 saturated carbocycles. The molecule has 0 radical (unpaired) electrons. The maximum absolute atomic E-state index is 12.5. The van der Waals surface area contributed by atoms with E-state index >= 15 is 0 Å². The van der Waals surface area contributed by atoms with Crippen molar-refractivity contribution in [2.24, 2.45) is 0 Å². The Morgan fingerprint density at radius 1 is 1.33 bits per heavy atom. The van der Waals surface area contributed by atoms with E-state index in [1.807, 2.05) is 32.0 Å². The number of hydrogen-bond acceptors (Lipinski definition) is 2. The van der Waals surface area contributed by atoms with Gasteiger partial charge in [0, 0.05) is 25.0 Å². The van der Waals surface area contributed by atoms with Crippen molar-refractivity contribution in [3.8, 4) is 0 Å². The van der Waals surface area contributed by atoms with E-state index in [4.69, 9.17) is 5.11 Å². The molecule has 1 fully saturated rings. The van der Waals surface area contributed by atoms with Crippen molar-refractivity contribution < 1.29 is 14.7 Å². The van der Waals surface area contributed by atoms with E-state index in [2.05, 4.69) is 12.1 Å². The first-order valence-electron chi connectivity index (χ1n) is 7.31. The van der Waals surface area contributed by atoms with Gasteiger partial charge in [0.15, 0.2) is 0 Å². The van der Waals surface area contributed by atoms with Gasteiger partial charge in [0.05, 0.1) is 0 Å². The van der Waals surface area contributed by atoms with Crippen LogP contribution in [0.5, 0.6) is 0 Å². The predicted molar refractivity (Wildman–Crippen MR) is 80.2 cm³/mol. The molecule has 2 amide bonds. The smallest absolute Gasteiger partial charge is 0.323 e. The molecule has 1 aromatic carbocycles. The molecule has 0 bridgehead atoms. The Morgan fingerprint density at radius 2 is 2.00 bits per heavy atom. The second-order valence-electron chi connectivity index (χ2n) is 5.74. The summed E-state index contributed by atoms with van der Waals surface area (Å²) >= 11 is 0. The number of hydrogen-bond donors (Lipinski definition) is 1. The fraction of sp³-hybridized carbons (Fsp3) is 0.500. The minimum Gasteiger partial charge on any atom is -0.480 e. The number of urea groups is 1. The van der Waals surface area contributed by atoms with Gasteiger partial charge in [-0.25, -0.2) is 4.79 Å². The number of aliphatic carboxylic acids is 1. The predicted octanol–water partition coefficient (Wildman–Crippen LogP) is 2.39. The van der Waals surface area contributed by atoms with Crippen molar-refractivity contribution in [2.75, 3.05) is 19.6 Å². The van der Waals surface area contributed by atoms with Gasteiger partial charge in [0.25, 0.3) is 0 Å². The fourth-order valence-electron chi connectivity index (χ4n) is 2.73. The summed E-state index contributed by atoms with van der Waals surface area (Å²) in [5.74, 6) is -0.634. The van der Waals surface area contributed by atoms with Crippen LogP contribution in [0.1, 0.15) is 31.7 Å². The zero-order valence-corrected chi connectivity index (χ0v) is 12.5. The Morgan fingerprint density at radius 3 is 2.57 bits per heavy atom. The lowest BCUT2D eigenvalue weighted by molar-refractivity contribution is -0.138. The highest BCUT2D eigenvalue weighted by molar-refractivity contribution is 5.80. The largest absolute Gasteiger partial charge is 0.480 e. The number of carboxylic acid groups (broad SMARTS) is 1. The maximum atomic E-state index is 12.5. The van der Waals surface area contributed by atoms with Crippen molar-refractivity contribution in [3.63, 3.8) is 0 Å². The van der Waals surface area contributed by atoms with Gasteiger partial charge in [-0.3, -0.25) is 4.79 Å². The summed E-state index contributed by atoms with van der Waals surface area (Å²) in [5.41, 5.74) is 1.24. The Kier molecular flexibility index (Phi) is 4.83. The molecular weight excluding hydrogens is 268 g/mol. The quantitative estimate of drug-likeness (QED) is 0.926. The average molecular weight is 290 g/mol. The summed E-state index contributed by atoms with van der Waals surface area (Å²) < 4.78 is 0. The van der Waals surface area contributed by atoms with Gasteiger partial charge in [-0.2, -0.15) is 0 Å². The summed E-state index contributed by atoms with van der Waals surface area (Å²) in [4.78, 5) is 26.6. The maximum Gasteiger partial charge on any atom is 0.323 e. The highest BCUT2D eigenvalue weighted by Crippen LogP contribution is 2.27. The van der Waals surface area contributed by atoms with Crippen LogP contribution in [0.3, 0.4) is 0 Å². The molecule has 0 spiro atoms. The molecule has 5 heteroatoms. The van der Waals surface area contributed by atoms with Crippen molar-refractivity contribution in [1.82, 2.24) is 9.80 Å². The van der Waals surface area contributed by atoms with Crippen LogP contribution < -0.4 is 0 Å². The molecule has 1 aliphatic heterocycles. The normalized spacial score (nSPS) is 18.0. The van der Waals surface area contributed by atoms with E-state index in [0.29, 0.717) is 19.0 Å². The number of carbonyl (C=O) groups excluding carboxylic acids is 1. The van der Waals surface area contributed by atoms with Crippen LogP contribution in [0.15, 0.2) is 30.3 Å². The van der Waals surface area contributed by atoms with Crippen molar-refractivity contribution in [3.05, 3.63) is 35.9 Å². The lowest BCUT2D eigenvalue weighted by Gasteiger charge is -2.30. The van der Waals surface area contributed by atoms with Gasteiger partial charge in [0.2, 0.25) is 0 Å². The Balaban J connectivity index is 2.02. The molecule has 1 aliphatic rings. The van der Waals surface area contributed by atoms with Crippen LogP contribution in [-0.4, -0.2) is 52.6 Å². The number of rotatable bonds is 4. The van der Waals surface area contributed by atoms with Crippen molar-refractivity contribution in [1.29, 1.82) is 0 Å². The lowest BCUT2D eigenvalue weighted by atomic mass is 9.99. The van der Waals surface area contributed by atoms with E-state index in [0.717, 1.165) is 6.42 Å². The Hall–Kier alpha value is -2.04. The monoisotopic (exact) mass is 290 g/mol. The topological polar surface area (TPSA) is 60.9 Å². The van der Waals surface area contributed by atoms with E-state index in [1.165, 1.54) is 10.5 Å². The average Bonchev–Trinajstić information content (AvgIpc) is 2.94. The van der Waals surface area contributed by atoms with Gasteiger partial charge < -0.3 is 14.9 Å². The van der Waals surface area contributed by atoms with Crippen LogP contribution in [0.2, 0.25) is 0 Å². The molecule has 1 saturated heterocycles. The first kappa shape index (κ1) is 15.4. The summed E-state index contributed by atoms with van der Waals surface area (Å²) in [5, 5.41) is 8.94. The molecular formula is C16H22N2O3.